The number of hydrogen-bond donors (Lipinski definition) is 1. The highest BCUT2D eigenvalue weighted by atomic mass is 79.9. The summed E-state index contributed by atoms with van der Waals surface area (Å²) in [4.78, 5) is 10.7. The zero-order chi connectivity index (χ0) is 14.5. The van der Waals surface area contributed by atoms with Crippen molar-refractivity contribution in [3.05, 3.63) is 52.0 Å². The molecule has 0 unspecified atom stereocenters. The van der Waals surface area contributed by atoms with E-state index in [0.717, 1.165) is 11.8 Å². The molecule has 0 fully saturated rings. The van der Waals surface area contributed by atoms with Crippen LogP contribution in [0.2, 0.25) is 0 Å². The first-order valence-electron chi connectivity index (χ1n) is 5.88. The lowest BCUT2D eigenvalue weighted by Crippen LogP contribution is -1.93. The number of aldehydes is 1. The van der Waals surface area contributed by atoms with Crippen LogP contribution < -0.4 is 9.47 Å². The van der Waals surface area contributed by atoms with E-state index in [9.17, 15) is 4.79 Å². The van der Waals surface area contributed by atoms with Crippen LogP contribution in [0.15, 0.2) is 40.9 Å². The number of halogens is 1. The van der Waals surface area contributed by atoms with E-state index in [2.05, 4.69) is 15.9 Å². The molecule has 0 aliphatic rings. The first-order chi connectivity index (χ1) is 9.67. The van der Waals surface area contributed by atoms with Crippen LogP contribution in [0.5, 0.6) is 17.2 Å². The lowest BCUT2D eigenvalue weighted by Gasteiger charge is -2.12. The van der Waals surface area contributed by atoms with Gasteiger partial charge in [-0.05, 0) is 51.8 Å². The molecule has 0 aliphatic heterocycles. The Kier molecular flexibility index (Phi) is 4.76. The van der Waals surface area contributed by atoms with Crippen LogP contribution in [-0.2, 0) is 6.61 Å². The Morgan fingerprint density at radius 1 is 1.15 bits per heavy atom. The molecule has 0 atom stereocenters. The SMILES string of the molecule is COc1cc(CO)ccc1Oc1ccc(C=O)cc1Br. The number of rotatable bonds is 5. The van der Waals surface area contributed by atoms with Gasteiger partial charge in [0.1, 0.15) is 12.0 Å². The zero-order valence-electron chi connectivity index (χ0n) is 10.8. The van der Waals surface area contributed by atoms with Crippen molar-refractivity contribution >= 4 is 22.2 Å². The van der Waals surface area contributed by atoms with Crippen molar-refractivity contribution in [3.8, 4) is 17.2 Å². The molecule has 0 amide bonds. The summed E-state index contributed by atoms with van der Waals surface area (Å²) in [5.74, 6) is 1.64. The first kappa shape index (κ1) is 14.6. The van der Waals surface area contributed by atoms with E-state index >= 15 is 0 Å². The van der Waals surface area contributed by atoms with Crippen LogP contribution in [0, 0.1) is 0 Å². The number of carbonyl (C=O) groups excluding carboxylic acids is 1. The number of ether oxygens (including phenoxy) is 2. The molecule has 0 aromatic heterocycles. The molecule has 104 valence electrons. The second-order valence-electron chi connectivity index (χ2n) is 4.05. The molecule has 2 aromatic carbocycles. The van der Waals surface area contributed by atoms with Crippen molar-refractivity contribution in [2.75, 3.05) is 7.11 Å². The summed E-state index contributed by atoms with van der Waals surface area (Å²) in [5.41, 5.74) is 1.30. The van der Waals surface area contributed by atoms with Crippen molar-refractivity contribution in [1.82, 2.24) is 0 Å². The van der Waals surface area contributed by atoms with Crippen LogP contribution in [0.3, 0.4) is 0 Å². The molecule has 2 aromatic rings. The maximum Gasteiger partial charge on any atom is 0.169 e. The second kappa shape index (κ2) is 6.54. The summed E-state index contributed by atoms with van der Waals surface area (Å²) in [5, 5.41) is 9.10. The molecule has 0 aliphatic carbocycles. The Balaban J connectivity index is 2.32. The van der Waals surface area contributed by atoms with E-state index in [-0.39, 0.29) is 6.61 Å². The van der Waals surface area contributed by atoms with Gasteiger partial charge in [-0.25, -0.2) is 0 Å². The van der Waals surface area contributed by atoms with Crippen molar-refractivity contribution < 1.29 is 19.4 Å². The molecule has 0 saturated heterocycles. The third kappa shape index (κ3) is 3.18. The van der Waals surface area contributed by atoms with Gasteiger partial charge in [0.05, 0.1) is 18.2 Å². The Hall–Kier alpha value is -1.85. The molecule has 0 spiro atoms. The quantitative estimate of drug-likeness (QED) is 0.848. The first-order valence-corrected chi connectivity index (χ1v) is 6.67. The average molecular weight is 337 g/mol. The van der Waals surface area contributed by atoms with E-state index in [1.165, 1.54) is 7.11 Å². The molecule has 0 radical (unpaired) electrons. The second-order valence-corrected chi connectivity index (χ2v) is 4.91. The molecule has 4 nitrogen and oxygen atoms in total. The van der Waals surface area contributed by atoms with E-state index in [1.54, 1.807) is 36.4 Å². The Morgan fingerprint density at radius 3 is 2.50 bits per heavy atom. The van der Waals surface area contributed by atoms with E-state index < -0.39 is 0 Å². The molecule has 0 heterocycles. The Bertz CT molecular complexity index is 625. The summed E-state index contributed by atoms with van der Waals surface area (Å²) in [6.45, 7) is -0.0611. The van der Waals surface area contributed by atoms with Crippen LogP contribution >= 0.6 is 15.9 Å². The number of aliphatic hydroxyl groups is 1. The van der Waals surface area contributed by atoms with Gasteiger partial charge in [-0.15, -0.1) is 0 Å². The Morgan fingerprint density at radius 2 is 1.90 bits per heavy atom. The fraction of sp³-hybridized carbons (Fsp3) is 0.133. The predicted octanol–water partition coefficient (Wildman–Crippen LogP) is 3.55. The highest BCUT2D eigenvalue weighted by Gasteiger charge is 2.09. The van der Waals surface area contributed by atoms with Crippen LogP contribution in [0.1, 0.15) is 15.9 Å². The fourth-order valence-electron chi connectivity index (χ4n) is 1.69. The van der Waals surface area contributed by atoms with Gasteiger partial charge in [0.2, 0.25) is 0 Å². The maximum atomic E-state index is 10.7. The lowest BCUT2D eigenvalue weighted by molar-refractivity contribution is 0.112. The number of benzene rings is 2. The number of hydrogen-bond acceptors (Lipinski definition) is 4. The van der Waals surface area contributed by atoms with Gasteiger partial charge in [-0.1, -0.05) is 6.07 Å². The Labute approximate surface area is 125 Å². The minimum atomic E-state index is -0.0611. The lowest BCUT2D eigenvalue weighted by atomic mass is 10.2. The molecule has 1 N–H and O–H groups in total. The van der Waals surface area contributed by atoms with Crippen molar-refractivity contribution in [2.24, 2.45) is 0 Å². The summed E-state index contributed by atoms with van der Waals surface area (Å²) in [7, 11) is 1.54. The zero-order valence-corrected chi connectivity index (χ0v) is 12.4. The summed E-state index contributed by atoms with van der Waals surface area (Å²) in [6.07, 6.45) is 0.769. The van der Waals surface area contributed by atoms with Gasteiger partial charge in [-0.3, -0.25) is 4.79 Å². The van der Waals surface area contributed by atoms with Crippen LogP contribution in [0.25, 0.3) is 0 Å². The molecule has 5 heteroatoms. The molecule has 20 heavy (non-hydrogen) atoms. The van der Waals surface area contributed by atoms with E-state index in [0.29, 0.717) is 27.3 Å². The van der Waals surface area contributed by atoms with E-state index in [1.807, 2.05) is 0 Å². The topological polar surface area (TPSA) is 55.8 Å². The van der Waals surface area contributed by atoms with Gasteiger partial charge in [0.15, 0.2) is 11.5 Å². The minimum absolute atomic E-state index is 0.0611. The molecular formula is C15H13BrO4. The smallest absolute Gasteiger partial charge is 0.169 e. The van der Waals surface area contributed by atoms with E-state index in [4.69, 9.17) is 14.6 Å². The predicted molar refractivity (Wildman–Crippen MR) is 78.5 cm³/mol. The number of aliphatic hydroxyl groups excluding tert-OH is 1. The van der Waals surface area contributed by atoms with Crippen molar-refractivity contribution in [3.63, 3.8) is 0 Å². The average Bonchev–Trinajstić information content (AvgIpc) is 2.49. The number of methoxy groups -OCH3 is 1. The van der Waals surface area contributed by atoms with Gasteiger partial charge in [0.25, 0.3) is 0 Å². The minimum Gasteiger partial charge on any atom is -0.493 e. The molecule has 0 saturated carbocycles. The third-order valence-electron chi connectivity index (χ3n) is 2.72. The highest BCUT2D eigenvalue weighted by Crippen LogP contribution is 2.35. The molecular weight excluding hydrogens is 324 g/mol. The van der Waals surface area contributed by atoms with Gasteiger partial charge < -0.3 is 14.6 Å². The fourth-order valence-corrected chi connectivity index (χ4v) is 2.16. The summed E-state index contributed by atoms with van der Waals surface area (Å²) >= 11 is 3.36. The molecule has 0 bridgehead atoms. The molecule has 2 rings (SSSR count). The third-order valence-corrected chi connectivity index (χ3v) is 3.34. The van der Waals surface area contributed by atoms with Gasteiger partial charge >= 0.3 is 0 Å². The summed E-state index contributed by atoms with van der Waals surface area (Å²) in [6, 6.07) is 10.2. The maximum absolute atomic E-state index is 10.7. The normalized spacial score (nSPS) is 10.2. The number of carbonyl (C=O) groups is 1. The highest BCUT2D eigenvalue weighted by molar-refractivity contribution is 9.10. The summed E-state index contributed by atoms with van der Waals surface area (Å²) < 4.78 is 11.7. The van der Waals surface area contributed by atoms with Crippen molar-refractivity contribution in [1.29, 1.82) is 0 Å². The largest absolute Gasteiger partial charge is 0.493 e. The van der Waals surface area contributed by atoms with Crippen molar-refractivity contribution in [2.45, 2.75) is 6.61 Å². The van der Waals surface area contributed by atoms with Gasteiger partial charge in [0, 0.05) is 5.56 Å². The standard InChI is InChI=1S/C15H13BrO4/c1-19-15-7-11(9-18)3-5-14(15)20-13-4-2-10(8-17)6-12(13)16/h2-8,18H,9H2,1H3. The van der Waals surface area contributed by atoms with Crippen LogP contribution in [0.4, 0.5) is 0 Å². The van der Waals surface area contributed by atoms with Gasteiger partial charge in [-0.2, -0.15) is 0 Å². The van der Waals surface area contributed by atoms with Crippen LogP contribution in [-0.4, -0.2) is 18.5 Å². The monoisotopic (exact) mass is 336 g/mol.